The zero-order valence-corrected chi connectivity index (χ0v) is 11.0. The summed E-state index contributed by atoms with van der Waals surface area (Å²) in [6.07, 6.45) is 0.653. The number of aromatic nitrogens is 3. The van der Waals surface area contributed by atoms with E-state index < -0.39 is 4.92 Å². The molecule has 0 unspecified atom stereocenters. The van der Waals surface area contributed by atoms with Crippen molar-refractivity contribution >= 4 is 11.5 Å². The number of hydrogen-bond acceptors (Lipinski definition) is 5. The quantitative estimate of drug-likeness (QED) is 0.672. The lowest BCUT2D eigenvalue weighted by atomic mass is 10.1. The average Bonchev–Trinajstić information content (AvgIpc) is 2.70. The van der Waals surface area contributed by atoms with Crippen molar-refractivity contribution in [2.24, 2.45) is 0 Å². The summed E-state index contributed by atoms with van der Waals surface area (Å²) >= 11 is 0. The van der Waals surface area contributed by atoms with Gasteiger partial charge in [0.2, 0.25) is 0 Å². The third-order valence-electron chi connectivity index (χ3n) is 3.07. The molecule has 2 aromatic rings. The fourth-order valence-corrected chi connectivity index (χ4v) is 2.09. The van der Waals surface area contributed by atoms with E-state index in [9.17, 15) is 10.1 Å². The zero-order valence-electron chi connectivity index (χ0n) is 11.0. The first-order valence-corrected chi connectivity index (χ1v) is 5.91. The largest absolute Gasteiger partial charge is 0.381 e. The van der Waals surface area contributed by atoms with Crippen LogP contribution in [0.1, 0.15) is 23.7 Å². The number of benzene rings is 1. The molecule has 2 rings (SSSR count). The maximum Gasteiger partial charge on any atom is 0.274 e. The highest BCUT2D eigenvalue weighted by Gasteiger charge is 2.18. The van der Waals surface area contributed by atoms with Gasteiger partial charge in [0, 0.05) is 11.6 Å². The summed E-state index contributed by atoms with van der Waals surface area (Å²) in [7, 11) is 0. The Morgan fingerprint density at radius 2 is 2.05 bits per heavy atom. The molecule has 0 saturated carbocycles. The molecule has 0 aliphatic heterocycles. The van der Waals surface area contributed by atoms with Crippen molar-refractivity contribution in [3.05, 3.63) is 39.1 Å². The number of nitro benzene ring substituents is 1. The van der Waals surface area contributed by atoms with Crippen LogP contribution < -0.4 is 5.73 Å². The Balaban J connectivity index is 2.68. The molecule has 1 aromatic carbocycles. The standard InChI is InChI=1S/C12H15N5O2/c1-4-9-12(13)14-15-16(9)10-6-11(17(18)19)8(3)5-7(10)2/h5-6H,4,13H2,1-3H3. The summed E-state index contributed by atoms with van der Waals surface area (Å²) in [5.41, 5.74) is 8.71. The monoisotopic (exact) mass is 261 g/mol. The fraction of sp³-hybridized carbons (Fsp3) is 0.333. The molecular formula is C12H15N5O2. The van der Waals surface area contributed by atoms with Gasteiger partial charge in [0.1, 0.15) is 0 Å². The molecule has 1 heterocycles. The predicted molar refractivity (Wildman–Crippen MR) is 71.3 cm³/mol. The normalized spacial score (nSPS) is 10.7. The Morgan fingerprint density at radius 1 is 1.37 bits per heavy atom. The van der Waals surface area contributed by atoms with Crippen LogP contribution in [0.4, 0.5) is 11.5 Å². The minimum Gasteiger partial charge on any atom is -0.381 e. The number of rotatable bonds is 3. The van der Waals surface area contributed by atoms with E-state index >= 15 is 0 Å². The number of aryl methyl sites for hydroxylation is 2. The molecule has 7 nitrogen and oxygen atoms in total. The van der Waals surface area contributed by atoms with Crippen LogP contribution in [-0.4, -0.2) is 19.9 Å². The maximum absolute atomic E-state index is 11.0. The molecule has 0 radical (unpaired) electrons. The van der Waals surface area contributed by atoms with Crippen molar-refractivity contribution in [2.45, 2.75) is 27.2 Å². The van der Waals surface area contributed by atoms with Crippen molar-refractivity contribution in [2.75, 3.05) is 5.73 Å². The molecule has 7 heteroatoms. The fourth-order valence-electron chi connectivity index (χ4n) is 2.09. The van der Waals surface area contributed by atoms with Gasteiger partial charge in [-0.2, -0.15) is 0 Å². The van der Waals surface area contributed by atoms with E-state index in [0.29, 0.717) is 23.5 Å². The lowest BCUT2D eigenvalue weighted by molar-refractivity contribution is -0.385. The molecule has 0 fully saturated rings. The third-order valence-corrected chi connectivity index (χ3v) is 3.07. The number of nitrogens with zero attached hydrogens (tertiary/aromatic N) is 4. The number of nitrogen functional groups attached to an aromatic ring is 1. The Kier molecular flexibility index (Phi) is 3.20. The lowest BCUT2D eigenvalue weighted by Crippen LogP contribution is -2.06. The average molecular weight is 261 g/mol. The van der Waals surface area contributed by atoms with E-state index in [0.717, 1.165) is 11.3 Å². The minimum atomic E-state index is -0.399. The van der Waals surface area contributed by atoms with Crippen LogP contribution in [0, 0.1) is 24.0 Å². The molecule has 100 valence electrons. The summed E-state index contributed by atoms with van der Waals surface area (Å²) < 4.78 is 1.57. The van der Waals surface area contributed by atoms with Crippen molar-refractivity contribution in [1.29, 1.82) is 0 Å². The summed E-state index contributed by atoms with van der Waals surface area (Å²) in [5, 5.41) is 18.8. The van der Waals surface area contributed by atoms with Crippen LogP contribution in [0.3, 0.4) is 0 Å². The van der Waals surface area contributed by atoms with Gasteiger partial charge in [0.05, 0.1) is 16.3 Å². The van der Waals surface area contributed by atoms with Gasteiger partial charge in [-0.15, -0.1) is 5.10 Å². The molecule has 0 aliphatic rings. The van der Waals surface area contributed by atoms with Crippen LogP contribution in [-0.2, 0) is 6.42 Å². The Morgan fingerprint density at radius 3 is 2.63 bits per heavy atom. The van der Waals surface area contributed by atoms with Gasteiger partial charge in [-0.05, 0) is 31.9 Å². The van der Waals surface area contributed by atoms with Gasteiger partial charge in [0.25, 0.3) is 5.69 Å². The highest BCUT2D eigenvalue weighted by atomic mass is 16.6. The molecule has 1 aromatic heterocycles. The number of nitrogens with two attached hydrogens (primary N) is 1. The molecule has 2 N–H and O–H groups in total. The first-order valence-electron chi connectivity index (χ1n) is 5.91. The molecule has 0 atom stereocenters. The second-order valence-corrected chi connectivity index (χ2v) is 4.37. The number of anilines is 1. The summed E-state index contributed by atoms with van der Waals surface area (Å²) in [6, 6.07) is 3.28. The molecule has 0 spiro atoms. The maximum atomic E-state index is 11.0. The highest BCUT2D eigenvalue weighted by molar-refractivity contribution is 5.54. The van der Waals surface area contributed by atoms with E-state index in [1.807, 2.05) is 13.8 Å². The SMILES string of the molecule is CCc1c(N)nnn1-c1cc([N+](=O)[O-])c(C)cc1C. The van der Waals surface area contributed by atoms with E-state index in [4.69, 9.17) is 5.73 Å². The summed E-state index contributed by atoms with van der Waals surface area (Å²) in [4.78, 5) is 10.6. The van der Waals surface area contributed by atoms with E-state index in [-0.39, 0.29) is 5.69 Å². The van der Waals surface area contributed by atoms with E-state index in [1.54, 1.807) is 17.7 Å². The Bertz CT molecular complexity index is 648. The van der Waals surface area contributed by atoms with Gasteiger partial charge < -0.3 is 5.73 Å². The minimum absolute atomic E-state index is 0.0664. The topological polar surface area (TPSA) is 99.9 Å². The van der Waals surface area contributed by atoms with Gasteiger partial charge in [-0.1, -0.05) is 12.1 Å². The van der Waals surface area contributed by atoms with Gasteiger partial charge in [-0.3, -0.25) is 10.1 Å². The first-order chi connectivity index (χ1) is 8.95. The van der Waals surface area contributed by atoms with Crippen LogP contribution in [0.5, 0.6) is 0 Å². The molecule has 0 saturated heterocycles. The van der Waals surface area contributed by atoms with E-state index in [1.165, 1.54) is 6.07 Å². The second kappa shape index (κ2) is 4.68. The number of hydrogen-bond donors (Lipinski definition) is 1. The number of nitro groups is 1. The van der Waals surface area contributed by atoms with Crippen molar-refractivity contribution < 1.29 is 4.92 Å². The first kappa shape index (κ1) is 13.0. The molecule has 0 bridgehead atoms. The van der Waals surface area contributed by atoms with Crippen LogP contribution >= 0.6 is 0 Å². The van der Waals surface area contributed by atoms with Gasteiger partial charge in [-0.25, -0.2) is 4.68 Å². The highest BCUT2D eigenvalue weighted by Crippen LogP contribution is 2.26. The van der Waals surface area contributed by atoms with Crippen LogP contribution in [0.2, 0.25) is 0 Å². The summed E-state index contributed by atoms with van der Waals surface area (Å²) in [6.45, 7) is 5.53. The van der Waals surface area contributed by atoms with Crippen LogP contribution in [0.25, 0.3) is 5.69 Å². The zero-order chi connectivity index (χ0) is 14.2. The van der Waals surface area contributed by atoms with Crippen molar-refractivity contribution in [3.63, 3.8) is 0 Å². The molecule has 19 heavy (non-hydrogen) atoms. The van der Waals surface area contributed by atoms with Crippen LogP contribution in [0.15, 0.2) is 12.1 Å². The Labute approximate surface area is 110 Å². The van der Waals surface area contributed by atoms with Gasteiger partial charge >= 0.3 is 0 Å². The third kappa shape index (κ3) is 2.14. The smallest absolute Gasteiger partial charge is 0.274 e. The summed E-state index contributed by atoms with van der Waals surface area (Å²) in [5.74, 6) is 0.352. The van der Waals surface area contributed by atoms with Gasteiger partial charge in [0.15, 0.2) is 5.82 Å². The van der Waals surface area contributed by atoms with Crippen molar-refractivity contribution in [3.8, 4) is 5.69 Å². The Hall–Kier alpha value is -2.44. The molecular weight excluding hydrogens is 246 g/mol. The second-order valence-electron chi connectivity index (χ2n) is 4.37. The molecule has 0 aliphatic carbocycles. The molecule has 0 amide bonds. The lowest BCUT2D eigenvalue weighted by Gasteiger charge is -2.09. The predicted octanol–water partition coefficient (Wildman–Crippen LogP) is 1.94. The van der Waals surface area contributed by atoms with E-state index in [2.05, 4.69) is 10.3 Å². The van der Waals surface area contributed by atoms with Crippen molar-refractivity contribution in [1.82, 2.24) is 15.0 Å².